The van der Waals surface area contributed by atoms with Crippen LogP contribution >= 0.6 is 0 Å². The van der Waals surface area contributed by atoms with Gasteiger partial charge in [0.1, 0.15) is 28.7 Å². The van der Waals surface area contributed by atoms with Crippen LogP contribution in [-0.4, -0.2) is 29.2 Å². The Morgan fingerprint density at radius 3 is 2.63 bits per heavy atom. The third kappa shape index (κ3) is 3.43. The molecule has 0 atom stereocenters. The maximum Gasteiger partial charge on any atom is 0.368 e. The number of H-pyrrole nitrogens is 1. The number of aromatic amines is 1. The zero-order valence-corrected chi connectivity index (χ0v) is 16.3. The Balaban J connectivity index is 1.76. The third-order valence-electron chi connectivity index (χ3n) is 5.05. The summed E-state index contributed by atoms with van der Waals surface area (Å²) >= 11 is 0. The average molecular weight is 364 g/mol. The highest BCUT2D eigenvalue weighted by atomic mass is 16.5. The summed E-state index contributed by atoms with van der Waals surface area (Å²) in [6.45, 7) is 6.59. The van der Waals surface area contributed by atoms with Crippen LogP contribution in [0.4, 0.5) is 0 Å². The van der Waals surface area contributed by atoms with Crippen molar-refractivity contribution in [3.05, 3.63) is 54.7 Å². The van der Waals surface area contributed by atoms with Gasteiger partial charge in [-0.1, -0.05) is 12.1 Å². The molecule has 0 radical (unpaired) electrons. The van der Waals surface area contributed by atoms with E-state index in [1.807, 2.05) is 12.1 Å². The molecule has 0 saturated heterocycles. The van der Waals surface area contributed by atoms with Crippen LogP contribution in [-0.2, 0) is 6.54 Å². The molecule has 2 heterocycles. The second-order valence-corrected chi connectivity index (χ2v) is 7.35. The van der Waals surface area contributed by atoms with Crippen molar-refractivity contribution in [3.8, 4) is 17.0 Å². The molecule has 4 rings (SSSR count). The number of hydrogen-bond acceptors (Lipinski definition) is 1. The first-order valence-corrected chi connectivity index (χ1v) is 9.66. The molecular formula is C22H28N4O+2. The third-order valence-corrected chi connectivity index (χ3v) is 5.05. The molecule has 0 unspecified atom stereocenters. The van der Waals surface area contributed by atoms with E-state index >= 15 is 0 Å². The van der Waals surface area contributed by atoms with E-state index in [1.165, 1.54) is 16.8 Å². The number of benzene rings is 2. The number of nitrogens with zero attached hydrogens (tertiary/aromatic N) is 2. The lowest BCUT2D eigenvalue weighted by atomic mass is 10.1. The molecular weight excluding hydrogens is 336 g/mol. The van der Waals surface area contributed by atoms with Gasteiger partial charge in [0, 0.05) is 12.0 Å². The van der Waals surface area contributed by atoms with Crippen molar-refractivity contribution in [2.75, 3.05) is 13.7 Å². The van der Waals surface area contributed by atoms with Gasteiger partial charge in [0.2, 0.25) is 0 Å². The number of hydrogen-bond donors (Lipinski definition) is 2. The van der Waals surface area contributed by atoms with Crippen LogP contribution in [0.3, 0.4) is 0 Å². The smallest absolute Gasteiger partial charge is 0.368 e. The Morgan fingerprint density at radius 1 is 1.11 bits per heavy atom. The molecule has 0 saturated carbocycles. The Kier molecular flexibility index (Phi) is 4.86. The second kappa shape index (κ2) is 7.45. The van der Waals surface area contributed by atoms with E-state index in [1.54, 1.807) is 7.11 Å². The highest BCUT2D eigenvalue weighted by Crippen LogP contribution is 2.25. The molecule has 5 nitrogen and oxygen atoms in total. The standard InChI is InChI=1S/C22H26N4O/c1-16(2)23-13-6-14-25-21(17-9-11-18(27-3)12-10-17)15-26-20-8-5-4-7-19(20)24-22(25)26/h4-5,7-12,15-16,23H,6,13-14H2,1-3H3/p+2. The Morgan fingerprint density at radius 2 is 1.89 bits per heavy atom. The van der Waals surface area contributed by atoms with Crippen molar-refractivity contribution in [1.82, 2.24) is 9.55 Å². The minimum absolute atomic E-state index is 0.637. The quantitative estimate of drug-likeness (QED) is 0.384. The van der Waals surface area contributed by atoms with E-state index < -0.39 is 0 Å². The van der Waals surface area contributed by atoms with Crippen LogP contribution in [0.25, 0.3) is 28.1 Å². The number of imidazole rings is 2. The Labute approximate surface area is 159 Å². The molecule has 0 aliphatic rings. The lowest BCUT2D eigenvalue weighted by Gasteiger charge is -2.06. The first-order chi connectivity index (χ1) is 13.2. The van der Waals surface area contributed by atoms with Crippen LogP contribution in [0, 0.1) is 0 Å². The number of para-hydroxylation sites is 2. The number of nitrogens with one attached hydrogen (secondary N) is 1. The fraction of sp³-hybridized carbons (Fsp3) is 0.318. The zero-order chi connectivity index (χ0) is 18.8. The molecule has 5 heteroatoms. The minimum Gasteiger partial charge on any atom is -0.497 e. The molecule has 0 fully saturated rings. The van der Waals surface area contributed by atoms with Gasteiger partial charge in [-0.2, -0.15) is 4.40 Å². The highest BCUT2D eigenvalue weighted by Gasteiger charge is 2.22. The fourth-order valence-electron chi connectivity index (χ4n) is 3.64. The van der Waals surface area contributed by atoms with E-state index in [2.05, 4.69) is 75.7 Å². The first kappa shape index (κ1) is 17.6. The lowest BCUT2D eigenvalue weighted by molar-refractivity contribution is -0.683. The van der Waals surface area contributed by atoms with E-state index in [0.717, 1.165) is 36.6 Å². The molecule has 0 bridgehead atoms. The lowest BCUT2D eigenvalue weighted by Crippen LogP contribution is -2.88. The average Bonchev–Trinajstić information content (AvgIpc) is 3.21. The summed E-state index contributed by atoms with van der Waals surface area (Å²) in [7, 11) is 1.70. The van der Waals surface area contributed by atoms with E-state index in [4.69, 9.17) is 4.74 Å². The number of aromatic nitrogens is 3. The molecule has 0 amide bonds. The number of nitrogens with two attached hydrogens (primary N) is 1. The summed E-state index contributed by atoms with van der Waals surface area (Å²) in [6, 6.07) is 17.4. The normalized spacial score (nSPS) is 11.7. The number of rotatable bonds is 7. The van der Waals surface area contributed by atoms with Crippen molar-refractivity contribution >= 4 is 16.8 Å². The summed E-state index contributed by atoms with van der Waals surface area (Å²) in [4.78, 5) is 3.60. The molecule has 0 aliphatic carbocycles. The number of methoxy groups -OCH3 is 1. The minimum atomic E-state index is 0.637. The molecule has 27 heavy (non-hydrogen) atoms. The molecule has 2 aromatic carbocycles. The van der Waals surface area contributed by atoms with Crippen LogP contribution in [0.2, 0.25) is 0 Å². The molecule has 4 aromatic rings. The predicted molar refractivity (Wildman–Crippen MR) is 108 cm³/mol. The molecule has 2 aromatic heterocycles. The van der Waals surface area contributed by atoms with Crippen molar-refractivity contribution in [1.29, 1.82) is 0 Å². The Bertz CT molecular complexity index is 1040. The molecule has 3 N–H and O–H groups in total. The number of quaternary nitrogens is 1. The second-order valence-electron chi connectivity index (χ2n) is 7.35. The predicted octanol–water partition coefficient (Wildman–Crippen LogP) is 2.75. The molecule has 140 valence electrons. The largest absolute Gasteiger partial charge is 0.497 e. The summed E-state index contributed by atoms with van der Waals surface area (Å²) in [5.41, 5.74) is 4.79. The van der Waals surface area contributed by atoms with E-state index in [9.17, 15) is 0 Å². The van der Waals surface area contributed by atoms with E-state index in [-0.39, 0.29) is 0 Å². The van der Waals surface area contributed by atoms with Crippen LogP contribution < -0.4 is 14.5 Å². The fourth-order valence-corrected chi connectivity index (χ4v) is 3.64. The van der Waals surface area contributed by atoms with Crippen molar-refractivity contribution < 1.29 is 14.5 Å². The van der Waals surface area contributed by atoms with Crippen molar-refractivity contribution in [2.45, 2.75) is 32.9 Å². The molecule has 0 spiro atoms. The maximum absolute atomic E-state index is 5.32. The summed E-state index contributed by atoms with van der Waals surface area (Å²) in [5.74, 6) is 2.01. The van der Waals surface area contributed by atoms with E-state index in [0.29, 0.717) is 6.04 Å². The van der Waals surface area contributed by atoms with Gasteiger partial charge in [-0.3, -0.25) is 0 Å². The van der Waals surface area contributed by atoms with Crippen molar-refractivity contribution in [2.24, 2.45) is 0 Å². The summed E-state index contributed by atoms with van der Waals surface area (Å²) in [5, 5.41) is 2.39. The maximum atomic E-state index is 5.32. The van der Waals surface area contributed by atoms with Crippen LogP contribution in [0.1, 0.15) is 20.3 Å². The van der Waals surface area contributed by atoms with Gasteiger partial charge in [-0.15, -0.1) is 0 Å². The highest BCUT2D eigenvalue weighted by molar-refractivity contribution is 5.74. The van der Waals surface area contributed by atoms with Crippen LogP contribution in [0.5, 0.6) is 5.75 Å². The van der Waals surface area contributed by atoms with Crippen molar-refractivity contribution in [3.63, 3.8) is 0 Å². The molecule has 0 aliphatic heterocycles. The van der Waals surface area contributed by atoms with Gasteiger partial charge in [-0.05, 0) is 50.2 Å². The van der Waals surface area contributed by atoms with Gasteiger partial charge < -0.3 is 10.1 Å². The topological polar surface area (TPSA) is 50.7 Å². The Hall–Kier alpha value is -2.79. The summed E-state index contributed by atoms with van der Waals surface area (Å²) in [6.07, 6.45) is 3.36. The summed E-state index contributed by atoms with van der Waals surface area (Å²) < 4.78 is 9.98. The van der Waals surface area contributed by atoms with Gasteiger partial charge >= 0.3 is 5.78 Å². The van der Waals surface area contributed by atoms with Crippen LogP contribution in [0.15, 0.2) is 54.7 Å². The van der Waals surface area contributed by atoms with Gasteiger partial charge in [-0.25, -0.2) is 9.55 Å². The SMILES string of the molecule is COc1ccc(-c2c[n+]3c4ccccc4[nH]c3n2CCC[NH2+]C(C)C)cc1. The van der Waals surface area contributed by atoms with Gasteiger partial charge in [0.25, 0.3) is 0 Å². The number of ether oxygens (including phenoxy) is 1. The zero-order valence-electron chi connectivity index (χ0n) is 16.3. The monoisotopic (exact) mass is 364 g/mol. The number of fused-ring (bicyclic) bond motifs is 3. The number of aryl methyl sites for hydroxylation is 1. The van der Waals surface area contributed by atoms with Gasteiger partial charge in [0.05, 0.1) is 26.2 Å². The first-order valence-electron chi connectivity index (χ1n) is 9.66. The van der Waals surface area contributed by atoms with Gasteiger partial charge in [0.15, 0.2) is 0 Å².